The molecule has 1 saturated heterocycles. The SMILES string of the molecule is C[C@H]1CCCC[C@@]12NC(=O)N(CC(=O)NCCc1cccc(Cl)c1)C2=O. The quantitative estimate of drug-likeness (QED) is 0.774. The Hall–Kier alpha value is -2.08. The van der Waals surface area contributed by atoms with Crippen LogP contribution in [0.2, 0.25) is 5.02 Å². The second-order valence-electron chi connectivity index (χ2n) is 7.17. The lowest BCUT2D eigenvalue weighted by molar-refractivity contribution is -0.137. The van der Waals surface area contributed by atoms with Gasteiger partial charge in [0.2, 0.25) is 5.91 Å². The fourth-order valence-electron chi connectivity index (χ4n) is 3.88. The molecule has 0 aromatic heterocycles. The van der Waals surface area contributed by atoms with Crippen LogP contribution < -0.4 is 10.6 Å². The molecule has 2 fully saturated rings. The van der Waals surface area contributed by atoms with Gasteiger partial charge in [-0.25, -0.2) is 4.79 Å². The number of rotatable bonds is 5. The predicted molar refractivity (Wildman–Crippen MR) is 98.8 cm³/mol. The van der Waals surface area contributed by atoms with Crippen molar-refractivity contribution < 1.29 is 14.4 Å². The molecule has 140 valence electrons. The van der Waals surface area contributed by atoms with Crippen LogP contribution in [0, 0.1) is 5.92 Å². The summed E-state index contributed by atoms with van der Waals surface area (Å²) in [4.78, 5) is 38.3. The molecular weight excluding hydrogens is 354 g/mol. The number of hydrogen-bond donors (Lipinski definition) is 2. The van der Waals surface area contributed by atoms with Crippen LogP contribution in [0.5, 0.6) is 0 Å². The molecule has 2 N–H and O–H groups in total. The fourth-order valence-corrected chi connectivity index (χ4v) is 4.09. The van der Waals surface area contributed by atoms with Crippen LogP contribution in [-0.2, 0) is 16.0 Å². The first-order chi connectivity index (χ1) is 12.4. The van der Waals surface area contributed by atoms with E-state index >= 15 is 0 Å². The maximum absolute atomic E-state index is 12.8. The van der Waals surface area contributed by atoms with Gasteiger partial charge in [0.1, 0.15) is 12.1 Å². The molecule has 1 saturated carbocycles. The summed E-state index contributed by atoms with van der Waals surface area (Å²) < 4.78 is 0. The van der Waals surface area contributed by atoms with E-state index in [1.165, 1.54) is 0 Å². The Morgan fingerprint density at radius 1 is 1.38 bits per heavy atom. The van der Waals surface area contributed by atoms with E-state index in [-0.39, 0.29) is 24.3 Å². The van der Waals surface area contributed by atoms with E-state index in [0.717, 1.165) is 29.7 Å². The highest BCUT2D eigenvalue weighted by atomic mass is 35.5. The van der Waals surface area contributed by atoms with Crippen LogP contribution in [0.15, 0.2) is 24.3 Å². The minimum Gasteiger partial charge on any atom is -0.354 e. The van der Waals surface area contributed by atoms with Crippen molar-refractivity contribution in [3.63, 3.8) is 0 Å². The van der Waals surface area contributed by atoms with Crippen LogP contribution in [0.3, 0.4) is 0 Å². The third-order valence-corrected chi connectivity index (χ3v) is 5.66. The Balaban J connectivity index is 1.54. The average molecular weight is 378 g/mol. The lowest BCUT2D eigenvalue weighted by Crippen LogP contribution is -2.54. The zero-order valence-corrected chi connectivity index (χ0v) is 15.6. The molecule has 1 spiro atoms. The Labute approximate surface area is 158 Å². The van der Waals surface area contributed by atoms with Crippen molar-refractivity contribution in [3.8, 4) is 0 Å². The first kappa shape index (κ1) is 18.7. The first-order valence-corrected chi connectivity index (χ1v) is 9.45. The zero-order valence-electron chi connectivity index (χ0n) is 14.9. The summed E-state index contributed by atoms with van der Waals surface area (Å²) in [6.07, 6.45) is 4.16. The van der Waals surface area contributed by atoms with Crippen molar-refractivity contribution in [3.05, 3.63) is 34.9 Å². The molecule has 3 rings (SSSR count). The Bertz CT molecular complexity index is 724. The Morgan fingerprint density at radius 3 is 2.92 bits per heavy atom. The summed E-state index contributed by atoms with van der Waals surface area (Å²) >= 11 is 5.94. The lowest BCUT2D eigenvalue weighted by Gasteiger charge is -2.36. The van der Waals surface area contributed by atoms with Crippen LogP contribution in [-0.4, -0.2) is 41.4 Å². The number of carbonyl (C=O) groups is 3. The van der Waals surface area contributed by atoms with Crippen LogP contribution in [0.4, 0.5) is 4.79 Å². The second kappa shape index (κ2) is 7.66. The second-order valence-corrected chi connectivity index (χ2v) is 7.61. The van der Waals surface area contributed by atoms with E-state index in [1.54, 1.807) is 6.07 Å². The summed E-state index contributed by atoms with van der Waals surface area (Å²) in [5.74, 6) is -0.515. The molecule has 1 heterocycles. The molecule has 7 heteroatoms. The third-order valence-electron chi connectivity index (χ3n) is 5.43. The summed E-state index contributed by atoms with van der Waals surface area (Å²) in [7, 11) is 0. The van der Waals surface area contributed by atoms with E-state index in [9.17, 15) is 14.4 Å². The summed E-state index contributed by atoms with van der Waals surface area (Å²) in [6, 6.07) is 6.97. The smallest absolute Gasteiger partial charge is 0.325 e. The molecule has 26 heavy (non-hydrogen) atoms. The number of halogens is 1. The van der Waals surface area contributed by atoms with E-state index in [2.05, 4.69) is 10.6 Å². The van der Waals surface area contributed by atoms with Crippen LogP contribution >= 0.6 is 11.6 Å². The molecule has 1 aliphatic heterocycles. The highest BCUT2D eigenvalue weighted by Crippen LogP contribution is 2.38. The molecule has 0 unspecified atom stereocenters. The van der Waals surface area contributed by atoms with Gasteiger partial charge in [-0.1, -0.05) is 43.5 Å². The van der Waals surface area contributed by atoms with Gasteiger partial charge in [0.15, 0.2) is 0 Å². The van der Waals surface area contributed by atoms with Gasteiger partial charge < -0.3 is 10.6 Å². The topological polar surface area (TPSA) is 78.5 Å². The van der Waals surface area contributed by atoms with Gasteiger partial charge in [-0.2, -0.15) is 0 Å². The number of nitrogens with one attached hydrogen (secondary N) is 2. The molecule has 2 atom stereocenters. The number of nitrogens with zero attached hydrogens (tertiary/aromatic N) is 1. The molecule has 1 aromatic rings. The maximum Gasteiger partial charge on any atom is 0.325 e. The van der Waals surface area contributed by atoms with Crippen molar-refractivity contribution in [1.82, 2.24) is 15.5 Å². The largest absolute Gasteiger partial charge is 0.354 e. The Morgan fingerprint density at radius 2 is 2.19 bits per heavy atom. The normalized spacial score (nSPS) is 25.5. The average Bonchev–Trinajstić information content (AvgIpc) is 2.83. The highest BCUT2D eigenvalue weighted by Gasteiger charge is 2.55. The molecule has 2 aliphatic rings. The van der Waals surface area contributed by atoms with Gasteiger partial charge in [-0.05, 0) is 42.9 Å². The van der Waals surface area contributed by atoms with Crippen LogP contribution in [0.1, 0.15) is 38.2 Å². The van der Waals surface area contributed by atoms with Gasteiger partial charge in [0.25, 0.3) is 5.91 Å². The first-order valence-electron chi connectivity index (χ1n) is 9.07. The van der Waals surface area contributed by atoms with E-state index in [4.69, 9.17) is 11.6 Å². The van der Waals surface area contributed by atoms with E-state index in [1.807, 2.05) is 25.1 Å². The van der Waals surface area contributed by atoms with Gasteiger partial charge in [-0.3, -0.25) is 14.5 Å². The number of amides is 4. The van der Waals surface area contributed by atoms with Crippen molar-refractivity contribution in [2.24, 2.45) is 5.92 Å². The van der Waals surface area contributed by atoms with Gasteiger partial charge in [0, 0.05) is 11.6 Å². The Kier molecular flexibility index (Phi) is 5.51. The third kappa shape index (κ3) is 3.70. The molecule has 1 aromatic carbocycles. The van der Waals surface area contributed by atoms with Gasteiger partial charge in [-0.15, -0.1) is 0 Å². The molecular formula is C19H24ClN3O3. The van der Waals surface area contributed by atoms with Crippen molar-refractivity contribution in [1.29, 1.82) is 0 Å². The van der Waals surface area contributed by atoms with Crippen molar-refractivity contribution in [2.75, 3.05) is 13.1 Å². The van der Waals surface area contributed by atoms with Gasteiger partial charge >= 0.3 is 6.03 Å². The van der Waals surface area contributed by atoms with Crippen LogP contribution in [0.25, 0.3) is 0 Å². The minimum absolute atomic E-state index is 0.0867. The standard InChI is InChI=1S/C19H24ClN3O3/c1-13-5-2-3-9-19(13)17(25)23(18(26)22-19)12-16(24)21-10-8-14-6-4-7-15(20)11-14/h4,6-7,11,13H,2-3,5,8-10,12H2,1H3,(H,21,24)(H,22,26)/t13-,19+/m0/s1. The van der Waals surface area contributed by atoms with E-state index < -0.39 is 11.6 Å². The monoisotopic (exact) mass is 377 g/mol. The molecule has 4 amide bonds. The lowest BCUT2D eigenvalue weighted by atomic mass is 9.73. The number of hydrogen-bond acceptors (Lipinski definition) is 3. The molecule has 0 bridgehead atoms. The maximum atomic E-state index is 12.8. The molecule has 0 radical (unpaired) electrons. The number of carbonyl (C=O) groups excluding carboxylic acids is 3. The number of benzene rings is 1. The van der Waals surface area contributed by atoms with Gasteiger partial charge in [0.05, 0.1) is 0 Å². The zero-order chi connectivity index (χ0) is 18.7. The summed E-state index contributed by atoms with van der Waals surface area (Å²) in [5.41, 5.74) is 0.193. The summed E-state index contributed by atoms with van der Waals surface area (Å²) in [5, 5.41) is 6.27. The predicted octanol–water partition coefficient (Wildman–Crippen LogP) is 2.50. The van der Waals surface area contributed by atoms with E-state index in [0.29, 0.717) is 24.4 Å². The molecule has 1 aliphatic carbocycles. The molecule has 6 nitrogen and oxygen atoms in total. The van der Waals surface area contributed by atoms with Crippen molar-refractivity contribution >= 4 is 29.4 Å². The number of imide groups is 1. The fraction of sp³-hybridized carbons (Fsp3) is 0.526. The highest BCUT2D eigenvalue weighted by molar-refractivity contribution is 6.30. The summed E-state index contributed by atoms with van der Waals surface area (Å²) in [6.45, 7) is 2.17. The van der Waals surface area contributed by atoms with Crippen molar-refractivity contribution in [2.45, 2.75) is 44.6 Å². The number of urea groups is 1. The minimum atomic E-state index is -0.823.